The molecule has 0 aromatic heterocycles. The number of ether oxygens (including phenoxy) is 1. The van der Waals surface area contributed by atoms with Crippen molar-refractivity contribution in [1.29, 1.82) is 0 Å². The maximum atomic E-state index is 13.7. The van der Waals surface area contributed by atoms with Gasteiger partial charge in [-0.1, -0.05) is 12.1 Å². The summed E-state index contributed by atoms with van der Waals surface area (Å²) in [7, 11) is -3.72. The van der Waals surface area contributed by atoms with Crippen molar-refractivity contribution in [3.63, 3.8) is 0 Å². The first-order chi connectivity index (χ1) is 13.8. The fraction of sp³-hybridized carbons (Fsp3) is 0.350. The summed E-state index contributed by atoms with van der Waals surface area (Å²) in [6, 6.07) is 7.70. The molecule has 0 aliphatic carbocycles. The van der Waals surface area contributed by atoms with Crippen molar-refractivity contribution >= 4 is 15.9 Å². The molecule has 0 radical (unpaired) electrons. The number of carbonyl (C=O) groups excluding carboxylic acids is 1. The third kappa shape index (κ3) is 4.98. The highest BCUT2D eigenvalue weighted by atomic mass is 32.2. The summed E-state index contributed by atoms with van der Waals surface area (Å²) in [5, 5.41) is 2.66. The van der Waals surface area contributed by atoms with E-state index in [0.29, 0.717) is 18.8 Å². The summed E-state index contributed by atoms with van der Waals surface area (Å²) in [4.78, 5) is 12.6. The van der Waals surface area contributed by atoms with Crippen LogP contribution >= 0.6 is 0 Å². The molecule has 9 heteroatoms. The van der Waals surface area contributed by atoms with Crippen molar-refractivity contribution in [2.75, 3.05) is 32.8 Å². The molecule has 1 aliphatic heterocycles. The molecule has 0 saturated carbocycles. The molecule has 0 atom stereocenters. The van der Waals surface area contributed by atoms with Gasteiger partial charge < -0.3 is 10.1 Å². The number of aryl methyl sites for hydroxylation is 1. The van der Waals surface area contributed by atoms with E-state index in [4.69, 9.17) is 4.74 Å². The van der Waals surface area contributed by atoms with Gasteiger partial charge in [0.1, 0.15) is 11.6 Å². The Morgan fingerprint density at radius 1 is 1.14 bits per heavy atom. The van der Waals surface area contributed by atoms with Crippen LogP contribution in [0.3, 0.4) is 0 Å². The van der Waals surface area contributed by atoms with Gasteiger partial charge in [-0.25, -0.2) is 17.2 Å². The number of benzene rings is 2. The van der Waals surface area contributed by atoms with Crippen LogP contribution in [0.5, 0.6) is 0 Å². The lowest BCUT2D eigenvalue weighted by molar-refractivity contribution is 0.0730. The van der Waals surface area contributed by atoms with Gasteiger partial charge in [0.05, 0.1) is 18.1 Å². The van der Waals surface area contributed by atoms with Gasteiger partial charge in [0.2, 0.25) is 10.0 Å². The van der Waals surface area contributed by atoms with Crippen molar-refractivity contribution in [3.8, 4) is 0 Å². The summed E-state index contributed by atoms with van der Waals surface area (Å²) in [6.07, 6.45) is 0.183. The number of rotatable bonds is 6. The summed E-state index contributed by atoms with van der Waals surface area (Å²) in [5.74, 6) is -1.79. The van der Waals surface area contributed by atoms with Gasteiger partial charge in [0.25, 0.3) is 5.91 Å². The standard InChI is InChI=1S/C20H22F2N2O4S/c1-14-2-5-17(29(26,27)24-8-10-28-11-9-24)13-18(14)20(25)23-7-6-15-3-4-16(21)12-19(15)22/h2-5,12-13H,6-11H2,1H3,(H,23,25). The Morgan fingerprint density at radius 2 is 1.86 bits per heavy atom. The first kappa shape index (κ1) is 21.4. The summed E-state index contributed by atoms with van der Waals surface area (Å²) in [5.41, 5.74) is 1.14. The van der Waals surface area contributed by atoms with Crippen LogP contribution in [-0.2, 0) is 21.2 Å². The number of carbonyl (C=O) groups is 1. The number of amides is 1. The van der Waals surface area contributed by atoms with Gasteiger partial charge in [-0.05, 0) is 42.7 Å². The number of sulfonamides is 1. The Labute approximate surface area is 168 Å². The molecular formula is C20H22F2N2O4S. The molecule has 2 aromatic rings. The van der Waals surface area contributed by atoms with E-state index < -0.39 is 27.6 Å². The Morgan fingerprint density at radius 3 is 2.55 bits per heavy atom. The molecular weight excluding hydrogens is 402 g/mol. The molecule has 1 N–H and O–H groups in total. The number of hydrogen-bond acceptors (Lipinski definition) is 4. The van der Waals surface area contributed by atoms with Crippen LogP contribution in [0.2, 0.25) is 0 Å². The molecule has 6 nitrogen and oxygen atoms in total. The molecule has 1 aliphatic rings. The molecule has 0 spiro atoms. The quantitative estimate of drug-likeness (QED) is 0.772. The van der Waals surface area contributed by atoms with E-state index in [2.05, 4.69) is 5.32 Å². The molecule has 29 heavy (non-hydrogen) atoms. The molecule has 156 valence electrons. The highest BCUT2D eigenvalue weighted by Crippen LogP contribution is 2.20. The van der Waals surface area contributed by atoms with Crippen LogP contribution < -0.4 is 5.32 Å². The van der Waals surface area contributed by atoms with E-state index in [1.807, 2.05) is 0 Å². The van der Waals surface area contributed by atoms with Crippen LogP contribution in [0.4, 0.5) is 8.78 Å². The smallest absolute Gasteiger partial charge is 0.251 e. The minimum absolute atomic E-state index is 0.0414. The fourth-order valence-electron chi connectivity index (χ4n) is 3.07. The second-order valence-electron chi connectivity index (χ2n) is 6.73. The van der Waals surface area contributed by atoms with E-state index in [1.165, 1.54) is 22.5 Å². The topological polar surface area (TPSA) is 75.7 Å². The van der Waals surface area contributed by atoms with Crippen molar-refractivity contribution in [2.45, 2.75) is 18.2 Å². The van der Waals surface area contributed by atoms with Crippen LogP contribution in [0.25, 0.3) is 0 Å². The van der Waals surface area contributed by atoms with Crippen molar-refractivity contribution < 1.29 is 26.7 Å². The SMILES string of the molecule is Cc1ccc(S(=O)(=O)N2CCOCC2)cc1C(=O)NCCc1ccc(F)cc1F. The molecule has 0 bridgehead atoms. The van der Waals surface area contributed by atoms with Gasteiger partial charge >= 0.3 is 0 Å². The van der Waals surface area contributed by atoms with Crippen molar-refractivity contribution in [1.82, 2.24) is 9.62 Å². The number of halogens is 2. The zero-order valence-electron chi connectivity index (χ0n) is 16.0. The average Bonchev–Trinajstić information content (AvgIpc) is 2.70. The van der Waals surface area contributed by atoms with Gasteiger partial charge in [-0.15, -0.1) is 0 Å². The van der Waals surface area contributed by atoms with Crippen molar-refractivity contribution in [2.24, 2.45) is 0 Å². The highest BCUT2D eigenvalue weighted by Gasteiger charge is 2.27. The second kappa shape index (κ2) is 8.98. The molecule has 1 heterocycles. The van der Waals surface area contributed by atoms with Gasteiger partial charge in [-0.3, -0.25) is 4.79 Å². The van der Waals surface area contributed by atoms with E-state index in [9.17, 15) is 22.0 Å². The van der Waals surface area contributed by atoms with Gasteiger partial charge in [0.15, 0.2) is 0 Å². The first-order valence-electron chi connectivity index (χ1n) is 9.20. The third-order valence-corrected chi connectivity index (χ3v) is 6.65. The maximum absolute atomic E-state index is 13.7. The van der Waals surface area contributed by atoms with Crippen molar-refractivity contribution in [3.05, 3.63) is 64.7 Å². The zero-order valence-corrected chi connectivity index (χ0v) is 16.8. The summed E-state index contributed by atoms with van der Waals surface area (Å²) in [6.45, 7) is 3.03. The molecule has 1 amide bonds. The van der Waals surface area contributed by atoms with E-state index in [1.54, 1.807) is 13.0 Å². The van der Waals surface area contributed by atoms with E-state index >= 15 is 0 Å². The number of morpholine rings is 1. The van der Waals surface area contributed by atoms with Crippen LogP contribution in [0, 0.1) is 18.6 Å². The molecule has 1 saturated heterocycles. The lowest BCUT2D eigenvalue weighted by Crippen LogP contribution is -2.40. The predicted molar refractivity (Wildman–Crippen MR) is 103 cm³/mol. The normalized spacial score (nSPS) is 15.3. The van der Waals surface area contributed by atoms with Gasteiger partial charge in [0, 0.05) is 31.3 Å². The Bertz CT molecular complexity index is 1010. The number of nitrogens with one attached hydrogen (secondary N) is 1. The minimum atomic E-state index is -3.72. The molecule has 3 rings (SSSR count). The Balaban J connectivity index is 1.71. The molecule has 1 fully saturated rings. The third-order valence-electron chi connectivity index (χ3n) is 4.76. The number of nitrogens with zero attached hydrogens (tertiary/aromatic N) is 1. The lowest BCUT2D eigenvalue weighted by atomic mass is 10.1. The van der Waals surface area contributed by atoms with Gasteiger partial charge in [-0.2, -0.15) is 4.31 Å². The van der Waals surface area contributed by atoms with Crippen LogP contribution in [0.1, 0.15) is 21.5 Å². The van der Waals surface area contributed by atoms with Crippen LogP contribution in [0.15, 0.2) is 41.3 Å². The summed E-state index contributed by atoms with van der Waals surface area (Å²) < 4.78 is 58.8. The Hall–Kier alpha value is -2.36. The van der Waals surface area contributed by atoms with Crippen LogP contribution in [-0.4, -0.2) is 51.5 Å². The average molecular weight is 424 g/mol. The lowest BCUT2D eigenvalue weighted by Gasteiger charge is -2.26. The largest absolute Gasteiger partial charge is 0.379 e. The molecule has 2 aromatic carbocycles. The summed E-state index contributed by atoms with van der Waals surface area (Å²) >= 11 is 0. The van der Waals surface area contributed by atoms with E-state index in [-0.39, 0.29) is 42.1 Å². The maximum Gasteiger partial charge on any atom is 0.251 e. The Kier molecular flexibility index (Phi) is 6.61. The monoisotopic (exact) mass is 424 g/mol. The highest BCUT2D eigenvalue weighted by molar-refractivity contribution is 7.89. The molecule has 0 unspecified atom stereocenters. The second-order valence-corrected chi connectivity index (χ2v) is 8.67. The van der Waals surface area contributed by atoms with E-state index in [0.717, 1.165) is 12.1 Å². The minimum Gasteiger partial charge on any atom is -0.379 e. The fourth-order valence-corrected chi connectivity index (χ4v) is 4.51. The zero-order chi connectivity index (χ0) is 21.0. The number of hydrogen-bond donors (Lipinski definition) is 1. The first-order valence-corrected chi connectivity index (χ1v) is 10.6. The predicted octanol–water partition coefficient (Wildman–Crippen LogP) is 2.27.